The van der Waals surface area contributed by atoms with Gasteiger partial charge in [0.15, 0.2) is 0 Å². The summed E-state index contributed by atoms with van der Waals surface area (Å²) < 4.78 is 11.8. The van der Waals surface area contributed by atoms with Crippen LogP contribution in [0.15, 0.2) is 24.3 Å². The molecule has 0 aliphatic carbocycles. The zero-order valence-electron chi connectivity index (χ0n) is 9.98. The van der Waals surface area contributed by atoms with Crippen LogP contribution in [-0.4, -0.2) is 15.1 Å². The summed E-state index contributed by atoms with van der Waals surface area (Å²) in [5.41, 5.74) is 1.98. The first-order valence-corrected chi connectivity index (χ1v) is 7.18. The van der Waals surface area contributed by atoms with Crippen molar-refractivity contribution in [3.63, 3.8) is 0 Å². The van der Waals surface area contributed by atoms with Crippen LogP contribution in [-0.2, 0) is 23.2 Å². The summed E-state index contributed by atoms with van der Waals surface area (Å²) in [4.78, 5) is 0. The average Bonchev–Trinajstić information content (AvgIpc) is 2.29. The molecule has 0 saturated heterocycles. The fraction of sp³-hybridized carbons (Fsp3) is 0.538. The Morgan fingerprint density at radius 2 is 1.81 bits per heavy atom. The van der Waals surface area contributed by atoms with Crippen molar-refractivity contribution in [3.05, 3.63) is 35.4 Å². The molecule has 0 bridgehead atoms. The van der Waals surface area contributed by atoms with Crippen molar-refractivity contribution in [2.45, 2.75) is 32.6 Å². The highest BCUT2D eigenvalue weighted by atomic mass is 32.2. The molecule has 0 aromatic heterocycles. The number of benzene rings is 1. The van der Waals surface area contributed by atoms with E-state index in [4.69, 9.17) is 5.11 Å². The van der Waals surface area contributed by atoms with Crippen LogP contribution in [0.4, 0.5) is 0 Å². The van der Waals surface area contributed by atoms with Crippen molar-refractivity contribution in [1.82, 2.24) is 0 Å². The molecule has 0 heterocycles. The molecule has 2 unspecified atom stereocenters. The first-order chi connectivity index (χ1) is 7.65. The third-order valence-electron chi connectivity index (χ3n) is 2.70. The Hall–Kier alpha value is -0.670. The van der Waals surface area contributed by atoms with Crippen molar-refractivity contribution < 1.29 is 9.32 Å². The number of aliphatic hydroxyl groups excluding tert-OH is 1. The Morgan fingerprint density at radius 3 is 2.31 bits per heavy atom. The van der Waals surface area contributed by atoms with E-state index in [9.17, 15) is 4.21 Å². The summed E-state index contributed by atoms with van der Waals surface area (Å²) in [5.74, 6) is 1.92. The number of hydrogen-bond acceptors (Lipinski definition) is 2. The lowest BCUT2D eigenvalue weighted by Gasteiger charge is -2.08. The van der Waals surface area contributed by atoms with Gasteiger partial charge in [0.2, 0.25) is 0 Å². The van der Waals surface area contributed by atoms with Gasteiger partial charge in [0.05, 0.1) is 6.61 Å². The summed E-state index contributed by atoms with van der Waals surface area (Å²) >= 11 is 0. The van der Waals surface area contributed by atoms with Crippen molar-refractivity contribution in [1.29, 1.82) is 0 Å². The third-order valence-corrected chi connectivity index (χ3v) is 4.30. The molecule has 0 aliphatic rings. The van der Waals surface area contributed by atoms with Gasteiger partial charge in [-0.05, 0) is 17.0 Å². The van der Waals surface area contributed by atoms with E-state index in [2.05, 4.69) is 13.8 Å². The van der Waals surface area contributed by atoms with Crippen LogP contribution in [0.1, 0.15) is 31.4 Å². The molecule has 90 valence electrons. The maximum Gasteiger partial charge on any atom is 0.0681 e. The second-order valence-electron chi connectivity index (χ2n) is 4.24. The Kier molecular flexibility index (Phi) is 5.71. The molecule has 1 N–H and O–H groups in total. The summed E-state index contributed by atoms with van der Waals surface area (Å²) in [6.45, 7) is 4.32. The highest BCUT2D eigenvalue weighted by Gasteiger charge is 2.06. The number of hydrogen-bond donors (Lipinski definition) is 1. The molecule has 0 saturated carbocycles. The third kappa shape index (κ3) is 4.45. The van der Waals surface area contributed by atoms with Crippen molar-refractivity contribution in [2.75, 3.05) is 5.75 Å². The van der Waals surface area contributed by atoms with Crippen LogP contribution in [0.25, 0.3) is 0 Å². The van der Waals surface area contributed by atoms with Gasteiger partial charge in [-0.25, -0.2) is 0 Å². The normalized spacial score (nSPS) is 14.7. The predicted octanol–water partition coefficient (Wildman–Crippen LogP) is 2.47. The molecule has 0 fully saturated rings. The second kappa shape index (κ2) is 6.81. The molecule has 16 heavy (non-hydrogen) atoms. The Bertz CT molecular complexity index is 332. The minimum atomic E-state index is -0.772. The van der Waals surface area contributed by atoms with Crippen molar-refractivity contribution in [2.24, 2.45) is 5.92 Å². The Balaban J connectivity index is 2.49. The molecular weight excluding hydrogens is 220 g/mol. The lowest BCUT2D eigenvalue weighted by Crippen LogP contribution is -2.08. The maximum absolute atomic E-state index is 11.8. The van der Waals surface area contributed by atoms with Gasteiger partial charge in [0.1, 0.15) is 0 Å². The van der Waals surface area contributed by atoms with Crippen LogP contribution in [0.3, 0.4) is 0 Å². The van der Waals surface area contributed by atoms with E-state index in [0.717, 1.165) is 23.3 Å². The molecule has 0 amide bonds. The Labute approximate surface area is 100 Å². The first kappa shape index (κ1) is 13.4. The van der Waals surface area contributed by atoms with Gasteiger partial charge in [-0.15, -0.1) is 0 Å². The molecule has 0 radical (unpaired) electrons. The van der Waals surface area contributed by atoms with Gasteiger partial charge in [-0.2, -0.15) is 0 Å². The van der Waals surface area contributed by atoms with Gasteiger partial charge >= 0.3 is 0 Å². The molecule has 0 aliphatic heterocycles. The van der Waals surface area contributed by atoms with Gasteiger partial charge in [-0.1, -0.05) is 44.5 Å². The van der Waals surface area contributed by atoms with Gasteiger partial charge in [0, 0.05) is 22.3 Å². The average molecular weight is 240 g/mol. The Morgan fingerprint density at radius 1 is 1.25 bits per heavy atom. The van der Waals surface area contributed by atoms with Crippen LogP contribution in [0.5, 0.6) is 0 Å². The van der Waals surface area contributed by atoms with Crippen LogP contribution in [0, 0.1) is 5.92 Å². The molecule has 0 spiro atoms. The standard InChI is InChI=1S/C13H20O2S/c1-3-11(2)9-16(15)10-13-6-4-12(8-14)5-7-13/h4-7,11,14H,3,8-10H2,1-2H3. The fourth-order valence-electron chi connectivity index (χ4n) is 1.42. The lowest BCUT2D eigenvalue weighted by molar-refractivity contribution is 0.282. The first-order valence-electron chi connectivity index (χ1n) is 5.69. The van der Waals surface area contributed by atoms with E-state index in [1.165, 1.54) is 0 Å². The van der Waals surface area contributed by atoms with Crippen LogP contribution >= 0.6 is 0 Å². The molecule has 1 rings (SSSR count). The van der Waals surface area contributed by atoms with E-state index in [1.807, 2.05) is 24.3 Å². The molecule has 1 aromatic carbocycles. The summed E-state index contributed by atoms with van der Waals surface area (Å²) in [6.07, 6.45) is 1.08. The van der Waals surface area contributed by atoms with E-state index >= 15 is 0 Å². The summed E-state index contributed by atoms with van der Waals surface area (Å²) in [5, 5.41) is 8.90. The van der Waals surface area contributed by atoms with E-state index in [0.29, 0.717) is 11.7 Å². The highest BCUT2D eigenvalue weighted by Crippen LogP contribution is 2.10. The highest BCUT2D eigenvalue weighted by molar-refractivity contribution is 7.84. The maximum atomic E-state index is 11.8. The molecule has 2 atom stereocenters. The van der Waals surface area contributed by atoms with Crippen LogP contribution < -0.4 is 0 Å². The molecular formula is C13H20O2S. The quantitative estimate of drug-likeness (QED) is 0.829. The van der Waals surface area contributed by atoms with Gasteiger partial charge in [-0.3, -0.25) is 4.21 Å². The topological polar surface area (TPSA) is 37.3 Å². The van der Waals surface area contributed by atoms with Crippen molar-refractivity contribution in [3.8, 4) is 0 Å². The zero-order valence-corrected chi connectivity index (χ0v) is 10.8. The lowest BCUT2D eigenvalue weighted by atomic mass is 10.2. The zero-order chi connectivity index (χ0) is 12.0. The van der Waals surface area contributed by atoms with Gasteiger partial charge < -0.3 is 5.11 Å². The molecule has 2 nitrogen and oxygen atoms in total. The fourth-order valence-corrected chi connectivity index (χ4v) is 2.97. The number of aliphatic hydroxyl groups is 1. The molecule has 3 heteroatoms. The van der Waals surface area contributed by atoms with E-state index < -0.39 is 10.8 Å². The summed E-state index contributed by atoms with van der Waals surface area (Å²) in [7, 11) is -0.772. The summed E-state index contributed by atoms with van der Waals surface area (Å²) in [6, 6.07) is 7.66. The largest absolute Gasteiger partial charge is 0.392 e. The van der Waals surface area contributed by atoms with Crippen LogP contribution in [0.2, 0.25) is 0 Å². The van der Waals surface area contributed by atoms with E-state index in [1.54, 1.807) is 0 Å². The molecule has 1 aromatic rings. The minimum Gasteiger partial charge on any atom is -0.392 e. The second-order valence-corrected chi connectivity index (χ2v) is 5.74. The number of rotatable bonds is 6. The van der Waals surface area contributed by atoms with Gasteiger partial charge in [0.25, 0.3) is 0 Å². The smallest absolute Gasteiger partial charge is 0.0681 e. The van der Waals surface area contributed by atoms with Crippen molar-refractivity contribution >= 4 is 10.8 Å². The monoisotopic (exact) mass is 240 g/mol. The van der Waals surface area contributed by atoms with E-state index in [-0.39, 0.29) is 6.61 Å². The predicted molar refractivity (Wildman–Crippen MR) is 68.5 cm³/mol. The SMILES string of the molecule is CCC(C)CS(=O)Cc1ccc(CO)cc1. The minimum absolute atomic E-state index is 0.0657.